The number of benzene rings is 3. The summed E-state index contributed by atoms with van der Waals surface area (Å²) in [5.74, 6) is -0.384. The lowest BCUT2D eigenvalue weighted by atomic mass is 9.71. The minimum atomic E-state index is -1.57. The fourth-order valence-electron chi connectivity index (χ4n) is 4.05. The molecule has 0 atom stereocenters. The molecule has 0 saturated heterocycles. The van der Waals surface area contributed by atoms with Gasteiger partial charge in [0.1, 0.15) is 23.9 Å². The maximum Gasteiger partial charge on any atom is 0.308 e. The predicted octanol–water partition coefficient (Wildman–Crippen LogP) is 5.06. The first-order valence-corrected chi connectivity index (χ1v) is 12.0. The molecule has 7 nitrogen and oxygen atoms in total. The van der Waals surface area contributed by atoms with Gasteiger partial charge in [0.2, 0.25) is 5.79 Å². The fourth-order valence-corrected chi connectivity index (χ4v) is 4.05. The second-order valence-corrected chi connectivity index (χ2v) is 9.36. The molecule has 0 fully saturated rings. The molecule has 1 N–H and O–H groups in total. The van der Waals surface area contributed by atoms with Gasteiger partial charge >= 0.3 is 5.97 Å². The Morgan fingerprint density at radius 2 is 1.27 bits per heavy atom. The molecule has 0 spiro atoms. The van der Waals surface area contributed by atoms with Gasteiger partial charge in [-0.15, -0.1) is 0 Å². The van der Waals surface area contributed by atoms with E-state index in [-0.39, 0.29) is 25.2 Å². The molecule has 0 saturated carbocycles. The van der Waals surface area contributed by atoms with Crippen LogP contribution in [0.25, 0.3) is 0 Å². The van der Waals surface area contributed by atoms with Gasteiger partial charge in [-0.2, -0.15) is 0 Å². The molecule has 3 aromatic rings. The molecule has 196 valence electrons. The lowest BCUT2D eigenvalue weighted by Crippen LogP contribution is -2.27. The second-order valence-electron chi connectivity index (χ2n) is 9.36. The molecule has 0 bridgehead atoms. The average molecular weight is 507 g/mol. The van der Waals surface area contributed by atoms with E-state index in [1.807, 2.05) is 66.7 Å². The second kappa shape index (κ2) is 11.9. The molecule has 0 unspecified atom stereocenters. The van der Waals surface area contributed by atoms with E-state index in [4.69, 9.17) is 18.9 Å². The van der Waals surface area contributed by atoms with Crippen LogP contribution < -0.4 is 14.2 Å². The van der Waals surface area contributed by atoms with E-state index in [9.17, 15) is 14.7 Å². The predicted molar refractivity (Wildman–Crippen MR) is 140 cm³/mol. The van der Waals surface area contributed by atoms with E-state index in [1.165, 1.54) is 13.8 Å². The van der Waals surface area contributed by atoms with Crippen molar-refractivity contribution in [1.82, 2.24) is 0 Å². The highest BCUT2D eigenvalue weighted by Crippen LogP contribution is 2.41. The smallest absolute Gasteiger partial charge is 0.308 e. The van der Waals surface area contributed by atoms with Crippen molar-refractivity contribution in [2.24, 2.45) is 0 Å². The van der Waals surface area contributed by atoms with E-state index in [0.717, 1.165) is 28.2 Å². The number of carbonyl (C=O) groups excluding carboxylic acids is 2. The third kappa shape index (κ3) is 7.33. The monoisotopic (exact) mass is 506 g/mol. The Morgan fingerprint density at radius 1 is 0.730 bits per heavy atom. The van der Waals surface area contributed by atoms with Crippen molar-refractivity contribution in [2.45, 2.75) is 44.8 Å². The Hall–Kier alpha value is -3.84. The number of carbonyl (C=O) groups is 2. The van der Waals surface area contributed by atoms with Gasteiger partial charge in [0, 0.05) is 25.7 Å². The van der Waals surface area contributed by atoms with Gasteiger partial charge in [-0.1, -0.05) is 36.4 Å². The molecule has 37 heavy (non-hydrogen) atoms. The zero-order valence-electron chi connectivity index (χ0n) is 21.9. The van der Waals surface area contributed by atoms with E-state index < -0.39 is 17.2 Å². The van der Waals surface area contributed by atoms with Crippen molar-refractivity contribution >= 4 is 11.8 Å². The Balaban J connectivity index is 1.82. The Kier molecular flexibility index (Phi) is 8.95. The van der Waals surface area contributed by atoms with Crippen LogP contribution in [0.15, 0.2) is 72.8 Å². The maximum absolute atomic E-state index is 12.3. The first-order valence-electron chi connectivity index (χ1n) is 12.0. The summed E-state index contributed by atoms with van der Waals surface area (Å²) >= 11 is 0. The van der Waals surface area contributed by atoms with Crippen molar-refractivity contribution in [1.29, 1.82) is 0 Å². The van der Waals surface area contributed by atoms with Crippen molar-refractivity contribution < 1.29 is 33.6 Å². The Labute approximate surface area is 217 Å². The highest BCUT2D eigenvalue weighted by Gasteiger charge is 2.32. The largest absolute Gasteiger partial charge is 0.497 e. The van der Waals surface area contributed by atoms with Crippen molar-refractivity contribution in [2.75, 3.05) is 20.8 Å². The maximum atomic E-state index is 12.3. The molecule has 0 aliphatic rings. The van der Waals surface area contributed by atoms with Crippen LogP contribution in [0.2, 0.25) is 0 Å². The summed E-state index contributed by atoms with van der Waals surface area (Å²) in [5, 5.41) is 9.55. The van der Waals surface area contributed by atoms with Crippen LogP contribution in [-0.2, 0) is 19.7 Å². The normalized spacial score (nSPS) is 11.5. The minimum Gasteiger partial charge on any atom is -0.497 e. The molecular formula is C30H34O7. The molecule has 0 aliphatic heterocycles. The fraction of sp³-hybridized carbons (Fsp3) is 0.333. The summed E-state index contributed by atoms with van der Waals surface area (Å²) in [6.07, 6.45) is -0.163. The first kappa shape index (κ1) is 27.7. The molecule has 0 radical (unpaired) electrons. The molecular weight excluding hydrogens is 472 g/mol. The van der Waals surface area contributed by atoms with Crippen molar-refractivity contribution in [3.05, 3.63) is 89.5 Å². The molecule has 0 aromatic heterocycles. The van der Waals surface area contributed by atoms with Gasteiger partial charge < -0.3 is 24.1 Å². The first-order chi connectivity index (χ1) is 17.5. The van der Waals surface area contributed by atoms with Crippen molar-refractivity contribution in [3.63, 3.8) is 0 Å². The van der Waals surface area contributed by atoms with Crippen LogP contribution in [0, 0.1) is 0 Å². The summed E-state index contributed by atoms with van der Waals surface area (Å²) in [4.78, 5) is 24.1. The highest BCUT2D eigenvalue weighted by atomic mass is 16.7. The zero-order valence-corrected chi connectivity index (χ0v) is 21.9. The van der Waals surface area contributed by atoms with Gasteiger partial charge in [0.25, 0.3) is 0 Å². The molecule has 0 aliphatic carbocycles. The molecule has 3 rings (SSSR count). The quantitative estimate of drug-likeness (QED) is 0.209. The minimum absolute atomic E-state index is 0.0377. The molecule has 0 amide bonds. The van der Waals surface area contributed by atoms with E-state index in [1.54, 1.807) is 20.3 Å². The number of Topliss-reactive ketones (excluding diaryl/α,β-unsaturated/α-hetero) is 1. The molecule has 3 aromatic carbocycles. The lowest BCUT2D eigenvalue weighted by Gasteiger charge is -2.32. The van der Waals surface area contributed by atoms with Crippen molar-refractivity contribution in [3.8, 4) is 17.2 Å². The van der Waals surface area contributed by atoms with Gasteiger partial charge in [-0.25, -0.2) is 0 Å². The third-order valence-electron chi connectivity index (χ3n) is 6.12. The van der Waals surface area contributed by atoms with Crippen LogP contribution in [0.3, 0.4) is 0 Å². The molecule has 0 heterocycles. The standard InChI is InChI=1S/C30H34O7/c1-29(2,33)37-28(32)18-13-24(31)20-36-27-8-6-7-23(19-27)30(3,21-9-14-25(34-4)15-10-21)22-11-16-26(35-5)17-12-22/h6-12,14-17,19,33H,13,18,20H2,1-5H3. The number of hydrogen-bond acceptors (Lipinski definition) is 7. The number of ether oxygens (including phenoxy) is 4. The lowest BCUT2D eigenvalue weighted by molar-refractivity contribution is -0.195. The Morgan fingerprint density at radius 3 is 1.76 bits per heavy atom. The van der Waals surface area contributed by atoms with Gasteiger partial charge in [0.05, 0.1) is 20.6 Å². The topological polar surface area (TPSA) is 91.3 Å². The number of hydrogen-bond donors (Lipinski definition) is 1. The summed E-state index contributed by atoms with van der Waals surface area (Å²) in [7, 11) is 3.27. The van der Waals surface area contributed by atoms with Crippen LogP contribution in [0.4, 0.5) is 0 Å². The summed E-state index contributed by atoms with van der Waals surface area (Å²) in [6.45, 7) is 4.67. The summed E-state index contributed by atoms with van der Waals surface area (Å²) in [6, 6.07) is 23.5. The van der Waals surface area contributed by atoms with Gasteiger partial charge in [-0.05, 0) is 60.0 Å². The Bertz CT molecular complexity index is 1140. The van der Waals surface area contributed by atoms with Crippen LogP contribution in [-0.4, -0.2) is 43.5 Å². The number of esters is 1. The highest BCUT2D eigenvalue weighted by molar-refractivity contribution is 5.84. The van der Waals surface area contributed by atoms with E-state index >= 15 is 0 Å². The van der Waals surface area contributed by atoms with E-state index in [2.05, 4.69) is 6.92 Å². The number of aliphatic hydroxyl groups is 1. The summed E-state index contributed by atoms with van der Waals surface area (Å²) < 4.78 is 21.3. The van der Waals surface area contributed by atoms with Crippen LogP contribution >= 0.6 is 0 Å². The SMILES string of the molecule is COc1ccc(C(C)(c2ccc(OC)cc2)c2cccc(OCC(=O)CCC(=O)OC(C)(C)O)c2)cc1. The number of methoxy groups -OCH3 is 2. The van der Waals surface area contributed by atoms with Crippen LogP contribution in [0.5, 0.6) is 17.2 Å². The summed E-state index contributed by atoms with van der Waals surface area (Å²) in [5.41, 5.74) is 2.54. The van der Waals surface area contributed by atoms with Gasteiger partial charge in [0.15, 0.2) is 5.78 Å². The van der Waals surface area contributed by atoms with Crippen LogP contribution in [0.1, 0.15) is 50.3 Å². The average Bonchev–Trinajstić information content (AvgIpc) is 2.89. The van der Waals surface area contributed by atoms with E-state index in [0.29, 0.717) is 5.75 Å². The van der Waals surface area contributed by atoms with Gasteiger partial charge in [-0.3, -0.25) is 9.59 Å². The number of ketones is 1. The molecule has 7 heteroatoms. The third-order valence-corrected chi connectivity index (χ3v) is 6.12. The number of rotatable bonds is 12. The zero-order chi connectivity index (χ0) is 27.1.